The molecule has 0 amide bonds. The van der Waals surface area contributed by atoms with Crippen molar-refractivity contribution in [1.82, 2.24) is 0 Å². The van der Waals surface area contributed by atoms with Crippen LogP contribution in [0.25, 0.3) is 0 Å². The molecule has 0 saturated carbocycles. The molecule has 3 nitrogen and oxygen atoms in total. The molecule has 2 aliphatic rings. The number of fused-ring (bicyclic) bond motifs is 1. The van der Waals surface area contributed by atoms with Crippen molar-refractivity contribution in [1.29, 1.82) is 0 Å². The van der Waals surface area contributed by atoms with Crippen LogP contribution in [0.4, 0.5) is 0 Å². The number of hydrogen-bond donors (Lipinski definition) is 0. The van der Waals surface area contributed by atoms with Gasteiger partial charge in [0.15, 0.2) is 14.1 Å². The van der Waals surface area contributed by atoms with E-state index in [1.165, 1.54) is 5.57 Å². The lowest BCUT2D eigenvalue weighted by atomic mass is 9.99. The zero-order chi connectivity index (χ0) is 15.5. The Morgan fingerprint density at radius 3 is 2.52 bits per heavy atom. The molecule has 0 bridgehead atoms. The maximum absolute atomic E-state index is 12.7. The number of ketones is 1. The fourth-order valence-corrected chi connectivity index (χ4v) is 6.15. The number of allylic oxidation sites excluding steroid dienone is 2. The van der Waals surface area contributed by atoms with Gasteiger partial charge in [-0.05, 0) is 50.7 Å². The summed E-state index contributed by atoms with van der Waals surface area (Å²) >= 11 is 0. The predicted octanol–water partition coefficient (Wildman–Crippen LogP) is 4.23. The Morgan fingerprint density at radius 2 is 1.90 bits per heavy atom. The molecule has 1 heterocycles. The largest absolute Gasteiger partial charge is 0.407 e. The van der Waals surface area contributed by atoms with E-state index in [1.54, 1.807) is 0 Å². The highest BCUT2D eigenvalue weighted by Gasteiger charge is 2.48. The maximum Gasteiger partial charge on any atom is 0.193 e. The summed E-state index contributed by atoms with van der Waals surface area (Å²) in [6.07, 6.45) is 5.79. The van der Waals surface area contributed by atoms with Crippen LogP contribution in [-0.4, -0.2) is 32.4 Å². The van der Waals surface area contributed by atoms with Crippen LogP contribution < -0.4 is 0 Å². The van der Waals surface area contributed by atoms with E-state index >= 15 is 0 Å². The van der Waals surface area contributed by atoms with Crippen molar-refractivity contribution in [3.05, 3.63) is 11.6 Å². The summed E-state index contributed by atoms with van der Waals surface area (Å²) in [5.74, 6) is 0.208. The van der Waals surface area contributed by atoms with Crippen molar-refractivity contribution in [2.24, 2.45) is 0 Å². The third-order valence-corrected chi connectivity index (χ3v) is 9.90. The standard InChI is InChI=1S/C17H30O3Si/c1-5-21(6-2,7-3)20-14-10-8-9-13(4)11-12-15-17(19-15)16(14)18/h9,14-15,17H,5-8,10-12H2,1-4H3/b13-9-/t14?,15?,17-/m1/s1. The number of hydrogen-bond acceptors (Lipinski definition) is 3. The molecule has 4 heteroatoms. The number of Topliss-reactive ketones (excluding diaryl/α,β-unsaturated/α-hetero) is 1. The van der Waals surface area contributed by atoms with E-state index in [-0.39, 0.29) is 24.1 Å². The molecule has 0 aromatic rings. The van der Waals surface area contributed by atoms with Gasteiger partial charge in [-0.3, -0.25) is 4.79 Å². The van der Waals surface area contributed by atoms with Crippen LogP contribution in [0.15, 0.2) is 11.6 Å². The van der Waals surface area contributed by atoms with Crippen LogP contribution in [0.5, 0.6) is 0 Å². The molecule has 1 aliphatic carbocycles. The van der Waals surface area contributed by atoms with Gasteiger partial charge in [0.2, 0.25) is 0 Å². The van der Waals surface area contributed by atoms with Crippen molar-refractivity contribution >= 4 is 14.1 Å². The molecule has 1 fully saturated rings. The van der Waals surface area contributed by atoms with Crippen molar-refractivity contribution < 1.29 is 14.0 Å². The molecule has 1 aliphatic heterocycles. The summed E-state index contributed by atoms with van der Waals surface area (Å²) in [6, 6.07) is 3.27. The minimum Gasteiger partial charge on any atom is -0.407 e. The molecule has 2 unspecified atom stereocenters. The first-order chi connectivity index (χ1) is 10.0. The quantitative estimate of drug-likeness (QED) is 0.433. The van der Waals surface area contributed by atoms with E-state index in [4.69, 9.17) is 9.16 Å². The Bertz CT molecular complexity index is 393. The Labute approximate surface area is 130 Å². The van der Waals surface area contributed by atoms with E-state index < -0.39 is 8.32 Å². The van der Waals surface area contributed by atoms with Crippen LogP contribution in [0.2, 0.25) is 18.1 Å². The summed E-state index contributed by atoms with van der Waals surface area (Å²) in [4.78, 5) is 12.7. The van der Waals surface area contributed by atoms with E-state index in [9.17, 15) is 4.79 Å². The fourth-order valence-electron chi connectivity index (χ4n) is 3.31. The number of ether oxygens (including phenoxy) is 1. The molecular formula is C17H30O3Si. The minimum atomic E-state index is -1.74. The van der Waals surface area contributed by atoms with Gasteiger partial charge in [-0.1, -0.05) is 32.4 Å². The lowest BCUT2D eigenvalue weighted by Gasteiger charge is -2.32. The predicted molar refractivity (Wildman–Crippen MR) is 88.0 cm³/mol. The molecule has 1 saturated heterocycles. The van der Waals surface area contributed by atoms with E-state index in [2.05, 4.69) is 33.8 Å². The van der Waals surface area contributed by atoms with Crippen LogP contribution in [-0.2, 0) is 14.0 Å². The SMILES string of the molecule is CC[Si](CC)(CC)OC1CC/C=C(/C)CCC2O[C@H]2C1=O. The second-order valence-corrected chi connectivity index (χ2v) is 11.2. The maximum atomic E-state index is 12.7. The molecule has 3 atom stereocenters. The van der Waals surface area contributed by atoms with Crippen molar-refractivity contribution in [3.63, 3.8) is 0 Å². The highest BCUT2D eigenvalue weighted by atomic mass is 28.4. The molecular weight excluding hydrogens is 280 g/mol. The third kappa shape index (κ3) is 4.05. The summed E-state index contributed by atoms with van der Waals surface area (Å²) in [5.41, 5.74) is 1.42. The Hall–Kier alpha value is -0.453. The van der Waals surface area contributed by atoms with E-state index in [0.717, 1.165) is 43.8 Å². The molecule has 0 spiro atoms. The van der Waals surface area contributed by atoms with Crippen molar-refractivity contribution in [2.45, 2.75) is 89.8 Å². The smallest absolute Gasteiger partial charge is 0.193 e. The van der Waals surface area contributed by atoms with Gasteiger partial charge in [0.05, 0.1) is 6.10 Å². The Kier molecular flexibility index (Phi) is 5.80. The van der Waals surface area contributed by atoms with Crippen LogP contribution >= 0.6 is 0 Å². The number of carbonyl (C=O) groups excluding carboxylic acids is 1. The summed E-state index contributed by atoms with van der Waals surface area (Å²) in [6.45, 7) is 8.82. The van der Waals surface area contributed by atoms with E-state index in [0.29, 0.717) is 0 Å². The molecule has 0 aromatic carbocycles. The van der Waals surface area contributed by atoms with Gasteiger partial charge in [0.1, 0.15) is 12.2 Å². The first kappa shape index (κ1) is 16.9. The first-order valence-corrected chi connectivity index (χ1v) is 11.1. The molecule has 21 heavy (non-hydrogen) atoms. The van der Waals surface area contributed by atoms with Gasteiger partial charge < -0.3 is 9.16 Å². The number of epoxide rings is 1. The minimum absolute atomic E-state index is 0.144. The molecule has 0 aromatic heterocycles. The van der Waals surface area contributed by atoms with Crippen molar-refractivity contribution in [2.75, 3.05) is 0 Å². The van der Waals surface area contributed by atoms with Gasteiger partial charge in [-0.15, -0.1) is 0 Å². The van der Waals surface area contributed by atoms with Gasteiger partial charge >= 0.3 is 0 Å². The summed E-state index contributed by atoms with van der Waals surface area (Å²) in [7, 11) is -1.74. The lowest BCUT2D eigenvalue weighted by Crippen LogP contribution is -2.44. The monoisotopic (exact) mass is 310 g/mol. The Balaban J connectivity index is 2.11. The molecule has 120 valence electrons. The second kappa shape index (κ2) is 7.21. The van der Waals surface area contributed by atoms with Crippen LogP contribution in [0.1, 0.15) is 53.4 Å². The summed E-state index contributed by atoms with van der Waals surface area (Å²) < 4.78 is 12.1. The highest BCUT2D eigenvalue weighted by molar-refractivity contribution is 6.73. The summed E-state index contributed by atoms with van der Waals surface area (Å²) in [5, 5.41) is 0. The Morgan fingerprint density at radius 1 is 1.24 bits per heavy atom. The fraction of sp³-hybridized carbons (Fsp3) is 0.824. The zero-order valence-electron chi connectivity index (χ0n) is 14.0. The van der Waals surface area contributed by atoms with E-state index in [1.807, 2.05) is 0 Å². The normalized spacial score (nSPS) is 33.0. The van der Waals surface area contributed by atoms with Gasteiger partial charge in [0, 0.05) is 0 Å². The van der Waals surface area contributed by atoms with Gasteiger partial charge in [-0.2, -0.15) is 0 Å². The topological polar surface area (TPSA) is 38.8 Å². The average molecular weight is 311 g/mol. The van der Waals surface area contributed by atoms with Gasteiger partial charge in [-0.25, -0.2) is 0 Å². The first-order valence-electron chi connectivity index (χ1n) is 8.57. The zero-order valence-corrected chi connectivity index (χ0v) is 15.0. The van der Waals surface area contributed by atoms with Crippen LogP contribution in [0.3, 0.4) is 0 Å². The van der Waals surface area contributed by atoms with Gasteiger partial charge in [0.25, 0.3) is 0 Å². The van der Waals surface area contributed by atoms with Crippen molar-refractivity contribution in [3.8, 4) is 0 Å². The average Bonchev–Trinajstić information content (AvgIpc) is 3.27. The second-order valence-electron chi connectivity index (χ2n) is 6.51. The molecule has 0 N–H and O–H groups in total. The number of carbonyl (C=O) groups is 1. The lowest BCUT2D eigenvalue weighted by molar-refractivity contribution is -0.127. The number of rotatable bonds is 5. The highest BCUT2D eigenvalue weighted by Crippen LogP contribution is 2.34. The third-order valence-electron chi connectivity index (χ3n) is 5.25. The molecule has 2 rings (SSSR count). The van der Waals surface area contributed by atoms with Crippen LogP contribution in [0, 0.1) is 0 Å². The molecule has 0 radical (unpaired) electrons.